The summed E-state index contributed by atoms with van der Waals surface area (Å²) < 4.78 is 34.1. The predicted octanol–water partition coefficient (Wildman–Crippen LogP) is 2.31. The SMILES string of the molecule is O=S(=O)(c1ccccc1)N1C[C@@H](CI)O[C@@H](CI)C1. The molecule has 19 heavy (non-hydrogen) atoms. The largest absolute Gasteiger partial charge is 0.371 e. The van der Waals surface area contributed by atoms with Crippen molar-refractivity contribution in [2.24, 2.45) is 0 Å². The molecule has 4 nitrogen and oxygen atoms in total. The average molecular weight is 507 g/mol. The molecule has 0 N–H and O–H groups in total. The minimum Gasteiger partial charge on any atom is -0.371 e. The Balaban J connectivity index is 2.24. The first-order chi connectivity index (χ1) is 9.07. The number of rotatable bonds is 4. The zero-order chi connectivity index (χ0) is 13.9. The molecule has 1 fully saturated rings. The first-order valence-electron chi connectivity index (χ1n) is 5.90. The van der Waals surface area contributed by atoms with Crippen molar-refractivity contribution < 1.29 is 13.2 Å². The molecule has 2 atom stereocenters. The third-order valence-electron chi connectivity index (χ3n) is 2.92. The minimum atomic E-state index is -3.40. The molecular formula is C12H15I2NO3S. The van der Waals surface area contributed by atoms with Crippen LogP contribution in [0.1, 0.15) is 0 Å². The maximum absolute atomic E-state index is 12.6. The molecule has 0 unspecified atom stereocenters. The first kappa shape index (κ1) is 15.9. The average Bonchev–Trinajstić information content (AvgIpc) is 2.47. The molecule has 1 aliphatic heterocycles. The van der Waals surface area contributed by atoms with Gasteiger partial charge in [0.2, 0.25) is 10.0 Å². The van der Waals surface area contributed by atoms with Crippen LogP contribution in [-0.4, -0.2) is 46.9 Å². The second-order valence-electron chi connectivity index (χ2n) is 4.32. The molecule has 1 heterocycles. The van der Waals surface area contributed by atoms with Gasteiger partial charge in [-0.2, -0.15) is 4.31 Å². The Morgan fingerprint density at radius 2 is 1.63 bits per heavy atom. The van der Waals surface area contributed by atoms with Crippen LogP contribution in [0.3, 0.4) is 0 Å². The summed E-state index contributed by atoms with van der Waals surface area (Å²) in [5, 5.41) is 0. The van der Waals surface area contributed by atoms with E-state index in [9.17, 15) is 8.42 Å². The highest BCUT2D eigenvalue weighted by Crippen LogP contribution is 2.22. The fourth-order valence-electron chi connectivity index (χ4n) is 2.00. The van der Waals surface area contributed by atoms with E-state index in [1.165, 1.54) is 0 Å². The highest BCUT2D eigenvalue weighted by Gasteiger charge is 2.34. The summed E-state index contributed by atoms with van der Waals surface area (Å²) in [5.74, 6) is 0. The van der Waals surface area contributed by atoms with E-state index in [4.69, 9.17) is 4.74 Å². The number of morpholine rings is 1. The van der Waals surface area contributed by atoms with Gasteiger partial charge in [-0.05, 0) is 12.1 Å². The molecule has 0 aromatic heterocycles. The van der Waals surface area contributed by atoms with Crippen molar-refractivity contribution >= 4 is 55.2 Å². The number of nitrogens with zero attached hydrogens (tertiary/aromatic N) is 1. The van der Waals surface area contributed by atoms with Crippen LogP contribution in [0.2, 0.25) is 0 Å². The summed E-state index contributed by atoms with van der Waals surface area (Å²) >= 11 is 4.47. The molecule has 0 saturated carbocycles. The molecule has 7 heteroatoms. The molecule has 1 saturated heterocycles. The first-order valence-corrected chi connectivity index (χ1v) is 10.4. The number of hydrogen-bond donors (Lipinski definition) is 0. The Bertz CT molecular complexity index is 497. The van der Waals surface area contributed by atoms with E-state index in [1.807, 2.05) is 6.07 Å². The Hall–Kier alpha value is 0.550. The number of sulfonamides is 1. The summed E-state index contributed by atoms with van der Waals surface area (Å²) in [5.41, 5.74) is 0. The lowest BCUT2D eigenvalue weighted by Gasteiger charge is -2.36. The highest BCUT2D eigenvalue weighted by molar-refractivity contribution is 14.1. The fourth-order valence-corrected chi connectivity index (χ4v) is 4.49. The quantitative estimate of drug-likeness (QED) is 0.465. The Morgan fingerprint density at radius 1 is 1.11 bits per heavy atom. The van der Waals surface area contributed by atoms with E-state index in [2.05, 4.69) is 45.2 Å². The van der Waals surface area contributed by atoms with Gasteiger partial charge in [0.15, 0.2) is 0 Å². The predicted molar refractivity (Wildman–Crippen MR) is 91.6 cm³/mol. The normalized spacial score (nSPS) is 25.4. The second kappa shape index (κ2) is 7.01. The van der Waals surface area contributed by atoms with Crippen molar-refractivity contribution in [1.29, 1.82) is 0 Å². The van der Waals surface area contributed by atoms with E-state index in [-0.39, 0.29) is 12.2 Å². The Labute approximate surface area is 141 Å². The third-order valence-corrected chi connectivity index (χ3v) is 6.74. The highest BCUT2D eigenvalue weighted by atomic mass is 127. The lowest BCUT2D eigenvalue weighted by molar-refractivity contribution is -0.0364. The molecular weight excluding hydrogens is 492 g/mol. The summed E-state index contributed by atoms with van der Waals surface area (Å²) in [6, 6.07) is 8.60. The summed E-state index contributed by atoms with van der Waals surface area (Å²) in [4.78, 5) is 0.358. The number of benzene rings is 1. The van der Waals surface area contributed by atoms with Crippen LogP contribution in [0.15, 0.2) is 35.2 Å². The molecule has 0 radical (unpaired) electrons. The van der Waals surface area contributed by atoms with Crippen LogP contribution in [0.5, 0.6) is 0 Å². The van der Waals surface area contributed by atoms with Crippen molar-refractivity contribution in [3.8, 4) is 0 Å². The monoisotopic (exact) mass is 507 g/mol. The van der Waals surface area contributed by atoms with Crippen LogP contribution in [-0.2, 0) is 14.8 Å². The second-order valence-corrected chi connectivity index (χ2v) is 8.02. The van der Waals surface area contributed by atoms with Gasteiger partial charge in [0.25, 0.3) is 0 Å². The lowest BCUT2D eigenvalue weighted by atomic mass is 10.3. The van der Waals surface area contributed by atoms with Crippen molar-refractivity contribution in [3.63, 3.8) is 0 Å². The molecule has 0 spiro atoms. The Morgan fingerprint density at radius 3 is 2.11 bits per heavy atom. The van der Waals surface area contributed by atoms with E-state index >= 15 is 0 Å². The van der Waals surface area contributed by atoms with Crippen LogP contribution in [0.25, 0.3) is 0 Å². The number of hydrogen-bond acceptors (Lipinski definition) is 3. The Kier molecular flexibility index (Phi) is 5.88. The van der Waals surface area contributed by atoms with Crippen molar-refractivity contribution in [3.05, 3.63) is 30.3 Å². The zero-order valence-corrected chi connectivity index (χ0v) is 15.3. The van der Waals surface area contributed by atoms with E-state index in [1.54, 1.807) is 28.6 Å². The zero-order valence-electron chi connectivity index (χ0n) is 10.2. The molecule has 1 aromatic rings. The van der Waals surface area contributed by atoms with E-state index in [0.29, 0.717) is 18.0 Å². The van der Waals surface area contributed by atoms with Gasteiger partial charge in [-0.15, -0.1) is 0 Å². The molecule has 106 valence electrons. The van der Waals surface area contributed by atoms with Gasteiger partial charge in [-0.25, -0.2) is 8.42 Å². The fraction of sp³-hybridized carbons (Fsp3) is 0.500. The molecule has 1 aliphatic rings. The van der Waals surface area contributed by atoms with Crippen molar-refractivity contribution in [2.75, 3.05) is 21.9 Å². The van der Waals surface area contributed by atoms with Gasteiger partial charge in [0, 0.05) is 21.9 Å². The number of alkyl halides is 2. The molecule has 0 aliphatic carbocycles. The van der Waals surface area contributed by atoms with E-state index < -0.39 is 10.0 Å². The van der Waals surface area contributed by atoms with Gasteiger partial charge in [-0.3, -0.25) is 0 Å². The summed E-state index contributed by atoms with van der Waals surface area (Å²) in [6.45, 7) is 0.876. The van der Waals surface area contributed by atoms with Gasteiger partial charge in [0.1, 0.15) is 0 Å². The smallest absolute Gasteiger partial charge is 0.243 e. The maximum Gasteiger partial charge on any atom is 0.243 e. The van der Waals surface area contributed by atoms with Crippen LogP contribution in [0, 0.1) is 0 Å². The summed E-state index contributed by atoms with van der Waals surface area (Å²) in [6.07, 6.45) is -0.0415. The van der Waals surface area contributed by atoms with Crippen molar-refractivity contribution in [1.82, 2.24) is 4.31 Å². The molecule has 2 rings (SSSR count). The number of ether oxygens (including phenoxy) is 1. The molecule has 0 bridgehead atoms. The maximum atomic E-state index is 12.6. The van der Waals surface area contributed by atoms with Gasteiger partial charge in [0.05, 0.1) is 17.1 Å². The number of halogens is 2. The topological polar surface area (TPSA) is 46.6 Å². The van der Waals surface area contributed by atoms with E-state index in [0.717, 1.165) is 8.86 Å². The van der Waals surface area contributed by atoms with Gasteiger partial charge in [-0.1, -0.05) is 63.4 Å². The van der Waals surface area contributed by atoms with Gasteiger partial charge >= 0.3 is 0 Å². The van der Waals surface area contributed by atoms with Crippen LogP contribution >= 0.6 is 45.2 Å². The molecule has 0 amide bonds. The summed E-state index contributed by atoms with van der Waals surface area (Å²) in [7, 11) is -3.40. The van der Waals surface area contributed by atoms with Gasteiger partial charge < -0.3 is 4.74 Å². The standard InChI is InChI=1S/C12H15I2NO3S/c13-6-10-8-15(9-11(7-14)18-10)19(16,17)12-4-2-1-3-5-12/h1-5,10-11H,6-9H2/t10-,11+. The molecule has 1 aromatic carbocycles. The lowest BCUT2D eigenvalue weighted by Crippen LogP contribution is -2.51. The minimum absolute atomic E-state index is 0.0207. The van der Waals surface area contributed by atoms with Crippen LogP contribution < -0.4 is 0 Å². The third kappa shape index (κ3) is 3.80. The van der Waals surface area contributed by atoms with Crippen molar-refractivity contribution in [2.45, 2.75) is 17.1 Å². The van der Waals surface area contributed by atoms with Crippen LogP contribution in [0.4, 0.5) is 0 Å².